The van der Waals surface area contributed by atoms with Gasteiger partial charge < -0.3 is 4.74 Å². The first kappa shape index (κ1) is 10.8. The van der Waals surface area contributed by atoms with Crippen molar-refractivity contribution in [2.24, 2.45) is 17.8 Å². The molecule has 0 aromatic carbocycles. The third-order valence-corrected chi connectivity index (χ3v) is 4.97. The maximum atomic E-state index is 6.32. The van der Waals surface area contributed by atoms with Crippen molar-refractivity contribution in [2.45, 2.75) is 61.6 Å². The summed E-state index contributed by atoms with van der Waals surface area (Å²) >= 11 is 2.42. The lowest BCUT2D eigenvalue weighted by atomic mass is 9.65. The minimum absolute atomic E-state index is 0.299. The van der Waals surface area contributed by atoms with Crippen molar-refractivity contribution in [3.63, 3.8) is 0 Å². The van der Waals surface area contributed by atoms with E-state index < -0.39 is 0 Å². The number of fused-ring (bicyclic) bond motifs is 1. The van der Waals surface area contributed by atoms with Crippen LogP contribution in [0.3, 0.4) is 0 Å². The fraction of sp³-hybridized carbons (Fsp3) is 1.00. The summed E-state index contributed by atoms with van der Waals surface area (Å²) in [6, 6.07) is 0. The van der Waals surface area contributed by atoms with Gasteiger partial charge >= 0.3 is 0 Å². The second-order valence-corrected chi connectivity index (χ2v) is 7.86. The molecule has 0 aromatic heterocycles. The molecule has 4 rings (SSSR count). The first-order valence-electron chi connectivity index (χ1n) is 6.47. The highest BCUT2D eigenvalue weighted by molar-refractivity contribution is 14.1. The van der Waals surface area contributed by atoms with Gasteiger partial charge in [-0.25, -0.2) is 0 Å². The zero-order valence-electron chi connectivity index (χ0n) is 9.55. The van der Waals surface area contributed by atoms with E-state index in [1.165, 1.54) is 44.9 Å². The Labute approximate surface area is 106 Å². The Morgan fingerprint density at radius 1 is 1.07 bits per heavy atom. The van der Waals surface area contributed by atoms with Crippen LogP contribution in [-0.4, -0.2) is 9.71 Å². The number of halogens is 1. The lowest BCUT2D eigenvalue weighted by Gasteiger charge is -2.48. The maximum absolute atomic E-state index is 6.32. The molecule has 5 atom stereocenters. The van der Waals surface area contributed by atoms with Crippen LogP contribution in [-0.2, 0) is 4.74 Å². The molecule has 0 radical (unpaired) electrons. The molecule has 15 heavy (non-hydrogen) atoms. The van der Waals surface area contributed by atoms with Gasteiger partial charge in [-0.15, -0.1) is 0 Å². The monoisotopic (exact) mass is 320 g/mol. The van der Waals surface area contributed by atoms with Crippen LogP contribution >= 0.6 is 22.6 Å². The Balaban J connectivity index is 1.84. The largest absolute Gasteiger partial charge is 0.362 e. The summed E-state index contributed by atoms with van der Waals surface area (Å²) in [5.41, 5.74) is 0.299. The zero-order chi connectivity index (χ0) is 10.5. The molecule has 4 aliphatic rings. The number of hydrogen-bond acceptors (Lipinski definition) is 1. The van der Waals surface area contributed by atoms with Crippen LogP contribution in [0.25, 0.3) is 0 Å². The van der Waals surface area contributed by atoms with Crippen molar-refractivity contribution in [2.75, 3.05) is 0 Å². The Morgan fingerprint density at radius 2 is 1.60 bits per heavy atom. The molecule has 4 unspecified atom stereocenters. The van der Waals surface area contributed by atoms with E-state index in [4.69, 9.17) is 4.74 Å². The van der Waals surface area contributed by atoms with E-state index in [0.717, 1.165) is 17.8 Å². The zero-order valence-corrected chi connectivity index (χ0v) is 11.7. The Morgan fingerprint density at radius 3 is 2.13 bits per heavy atom. The van der Waals surface area contributed by atoms with Crippen molar-refractivity contribution in [1.82, 2.24) is 0 Å². The van der Waals surface area contributed by atoms with Crippen LogP contribution in [0.15, 0.2) is 0 Å². The van der Waals surface area contributed by atoms with Crippen molar-refractivity contribution >= 4 is 22.6 Å². The lowest BCUT2D eigenvalue weighted by molar-refractivity contribution is -0.124. The SMILES string of the molecule is CC(I)OC12CC3CC[C@H](CC(C3)C1)C2. The summed E-state index contributed by atoms with van der Waals surface area (Å²) in [6.07, 6.45) is 10.1. The molecule has 4 bridgehead atoms. The normalized spacial score (nSPS) is 50.4. The fourth-order valence-electron chi connectivity index (χ4n) is 4.60. The summed E-state index contributed by atoms with van der Waals surface area (Å²) in [5, 5.41) is 0. The molecule has 0 N–H and O–H groups in total. The predicted molar refractivity (Wildman–Crippen MR) is 70.1 cm³/mol. The maximum Gasteiger partial charge on any atom is 0.106 e. The highest BCUT2D eigenvalue weighted by atomic mass is 127. The number of hydrogen-bond donors (Lipinski definition) is 0. The highest BCUT2D eigenvalue weighted by Gasteiger charge is 2.49. The second kappa shape index (κ2) is 3.86. The first-order chi connectivity index (χ1) is 7.15. The van der Waals surface area contributed by atoms with Crippen LogP contribution in [0, 0.1) is 17.8 Å². The number of ether oxygens (including phenoxy) is 1. The minimum atomic E-state index is 0.299. The van der Waals surface area contributed by atoms with Crippen molar-refractivity contribution < 1.29 is 4.74 Å². The summed E-state index contributed by atoms with van der Waals surface area (Å²) in [5.74, 6) is 2.98. The second-order valence-electron chi connectivity index (χ2n) is 6.10. The third kappa shape index (κ3) is 2.08. The molecule has 0 spiro atoms. The summed E-state index contributed by atoms with van der Waals surface area (Å²) in [4.78, 5) is 0. The molecule has 0 aromatic rings. The Hall–Kier alpha value is 0.690. The molecule has 1 nitrogen and oxygen atoms in total. The van der Waals surface area contributed by atoms with Gasteiger partial charge in [0.25, 0.3) is 0 Å². The van der Waals surface area contributed by atoms with Gasteiger partial charge in [-0.2, -0.15) is 0 Å². The molecule has 2 heteroatoms. The van der Waals surface area contributed by atoms with Crippen LogP contribution in [0.1, 0.15) is 51.9 Å². The number of rotatable bonds is 2. The predicted octanol–water partition coefficient (Wildman–Crippen LogP) is 4.14. The molecule has 86 valence electrons. The average molecular weight is 320 g/mol. The van der Waals surface area contributed by atoms with Gasteiger partial charge in [0.2, 0.25) is 0 Å². The Kier molecular flexibility index (Phi) is 2.79. The molecule has 0 aliphatic heterocycles. The Bertz CT molecular complexity index is 231. The molecular formula is C13H21IO. The minimum Gasteiger partial charge on any atom is -0.362 e. The molecule has 0 heterocycles. The van der Waals surface area contributed by atoms with Gasteiger partial charge in [0.15, 0.2) is 0 Å². The van der Waals surface area contributed by atoms with Crippen LogP contribution < -0.4 is 0 Å². The van der Waals surface area contributed by atoms with E-state index in [2.05, 4.69) is 29.5 Å². The fourth-order valence-corrected chi connectivity index (χ4v) is 5.14. The standard InChI is InChI=1S/C13H21IO/c1-9(14)15-13-6-10-2-3-11(7-13)5-12(4-10)8-13/h9-12H,2-8H2,1H3/t9?,10-,11?,12?,13?/m1/s1. The van der Waals surface area contributed by atoms with Gasteiger partial charge in [0, 0.05) is 0 Å². The first-order valence-corrected chi connectivity index (χ1v) is 7.72. The highest BCUT2D eigenvalue weighted by Crippen LogP contribution is 2.55. The van der Waals surface area contributed by atoms with Gasteiger partial charge in [-0.05, 0) is 56.8 Å². The van der Waals surface area contributed by atoms with Crippen molar-refractivity contribution in [3.8, 4) is 0 Å². The molecule has 4 fully saturated rings. The smallest absolute Gasteiger partial charge is 0.106 e. The van der Waals surface area contributed by atoms with Crippen molar-refractivity contribution in [1.29, 1.82) is 0 Å². The van der Waals surface area contributed by atoms with E-state index in [0.29, 0.717) is 9.71 Å². The molecule has 4 aliphatic carbocycles. The lowest BCUT2D eigenvalue weighted by Crippen LogP contribution is -2.46. The summed E-state index contributed by atoms with van der Waals surface area (Å²) < 4.78 is 6.70. The van der Waals surface area contributed by atoms with Crippen LogP contribution in [0.5, 0.6) is 0 Å². The van der Waals surface area contributed by atoms with Gasteiger partial charge in [0.1, 0.15) is 4.11 Å². The van der Waals surface area contributed by atoms with Crippen molar-refractivity contribution in [3.05, 3.63) is 0 Å². The number of alkyl halides is 1. The van der Waals surface area contributed by atoms with E-state index >= 15 is 0 Å². The molecular weight excluding hydrogens is 299 g/mol. The summed E-state index contributed by atoms with van der Waals surface area (Å²) in [7, 11) is 0. The van der Waals surface area contributed by atoms with Gasteiger partial charge in [-0.1, -0.05) is 35.4 Å². The molecule has 0 saturated heterocycles. The van der Waals surface area contributed by atoms with E-state index in [-0.39, 0.29) is 0 Å². The van der Waals surface area contributed by atoms with E-state index in [1.807, 2.05) is 0 Å². The van der Waals surface area contributed by atoms with Crippen LogP contribution in [0.4, 0.5) is 0 Å². The van der Waals surface area contributed by atoms with E-state index in [9.17, 15) is 0 Å². The molecule has 0 amide bonds. The van der Waals surface area contributed by atoms with Gasteiger partial charge in [0.05, 0.1) is 5.60 Å². The third-order valence-electron chi connectivity index (χ3n) is 4.71. The topological polar surface area (TPSA) is 9.23 Å². The quantitative estimate of drug-likeness (QED) is 0.549. The summed E-state index contributed by atoms with van der Waals surface area (Å²) in [6.45, 7) is 2.19. The van der Waals surface area contributed by atoms with E-state index in [1.54, 1.807) is 0 Å². The van der Waals surface area contributed by atoms with Gasteiger partial charge in [-0.3, -0.25) is 0 Å². The average Bonchev–Trinajstić information content (AvgIpc) is 2.29. The van der Waals surface area contributed by atoms with Crippen LogP contribution in [0.2, 0.25) is 0 Å². The molecule has 4 saturated carbocycles.